The van der Waals surface area contributed by atoms with Crippen molar-refractivity contribution in [1.29, 1.82) is 0 Å². The van der Waals surface area contributed by atoms with E-state index in [0.717, 1.165) is 5.56 Å². The lowest BCUT2D eigenvalue weighted by Crippen LogP contribution is -2.34. The summed E-state index contributed by atoms with van der Waals surface area (Å²) in [6.07, 6.45) is 0. The first-order chi connectivity index (χ1) is 16.2. The zero-order valence-electron chi connectivity index (χ0n) is 19.8. The van der Waals surface area contributed by atoms with Gasteiger partial charge in [0.05, 0.1) is 12.2 Å². The van der Waals surface area contributed by atoms with Gasteiger partial charge < -0.3 is 15.4 Å². The molecule has 0 unspecified atom stereocenters. The second-order valence-corrected chi connectivity index (χ2v) is 9.11. The maximum atomic E-state index is 12.7. The SMILES string of the molecule is CCOc1ccccc1C(=O)NC(=S)Nc1cccc(NC(=O)c2ccc(C(C)(C)C)cc2)c1. The van der Waals surface area contributed by atoms with Crippen LogP contribution in [-0.4, -0.2) is 23.5 Å². The van der Waals surface area contributed by atoms with Gasteiger partial charge in [-0.15, -0.1) is 0 Å². The van der Waals surface area contributed by atoms with Crippen molar-refractivity contribution in [2.45, 2.75) is 33.1 Å². The molecule has 3 aromatic carbocycles. The Kier molecular flexibility index (Phi) is 8.02. The quantitative estimate of drug-likeness (QED) is 0.395. The summed E-state index contributed by atoms with van der Waals surface area (Å²) < 4.78 is 5.51. The van der Waals surface area contributed by atoms with Gasteiger partial charge in [-0.1, -0.05) is 51.1 Å². The van der Waals surface area contributed by atoms with Crippen LogP contribution in [0.2, 0.25) is 0 Å². The van der Waals surface area contributed by atoms with Crippen LogP contribution in [0, 0.1) is 0 Å². The molecule has 2 amide bonds. The molecule has 176 valence electrons. The summed E-state index contributed by atoms with van der Waals surface area (Å²) in [4.78, 5) is 25.3. The fourth-order valence-corrected chi connectivity index (χ4v) is 3.48. The predicted octanol–water partition coefficient (Wildman–Crippen LogP) is 5.76. The molecule has 3 rings (SSSR count). The van der Waals surface area contributed by atoms with Gasteiger partial charge in [0.1, 0.15) is 5.75 Å². The minimum absolute atomic E-state index is 0.0218. The van der Waals surface area contributed by atoms with Crippen LogP contribution in [0.1, 0.15) is 54.0 Å². The molecule has 0 aliphatic rings. The number of ether oxygens (including phenoxy) is 1. The highest BCUT2D eigenvalue weighted by atomic mass is 32.1. The molecule has 0 radical (unpaired) electrons. The molecular formula is C27H29N3O3S. The number of hydrogen-bond acceptors (Lipinski definition) is 4. The Morgan fingerprint density at radius 2 is 1.50 bits per heavy atom. The van der Waals surface area contributed by atoms with E-state index in [1.807, 2.05) is 31.2 Å². The largest absolute Gasteiger partial charge is 0.493 e. The number of carbonyl (C=O) groups is 2. The molecule has 0 bridgehead atoms. The Morgan fingerprint density at radius 3 is 2.15 bits per heavy atom. The van der Waals surface area contributed by atoms with E-state index in [-0.39, 0.29) is 22.3 Å². The summed E-state index contributed by atoms with van der Waals surface area (Å²) in [6, 6.07) is 21.7. The number of carbonyl (C=O) groups excluding carboxylic acids is 2. The van der Waals surface area contributed by atoms with Gasteiger partial charge in [0.25, 0.3) is 11.8 Å². The second kappa shape index (κ2) is 10.9. The molecule has 0 spiro atoms. The van der Waals surface area contributed by atoms with Gasteiger partial charge in [0.15, 0.2) is 5.11 Å². The normalized spacial score (nSPS) is 10.8. The molecule has 0 saturated carbocycles. The molecular weight excluding hydrogens is 446 g/mol. The third-order valence-electron chi connectivity index (χ3n) is 5.05. The molecule has 3 N–H and O–H groups in total. The van der Waals surface area contributed by atoms with E-state index in [4.69, 9.17) is 17.0 Å². The Bertz CT molecular complexity index is 1180. The first-order valence-corrected chi connectivity index (χ1v) is 11.4. The smallest absolute Gasteiger partial charge is 0.261 e. The Balaban J connectivity index is 1.62. The topological polar surface area (TPSA) is 79.5 Å². The minimum atomic E-state index is -0.371. The van der Waals surface area contributed by atoms with Crippen LogP contribution in [0.3, 0.4) is 0 Å². The number of amides is 2. The summed E-state index contributed by atoms with van der Waals surface area (Å²) >= 11 is 5.30. The third-order valence-corrected chi connectivity index (χ3v) is 5.25. The summed E-state index contributed by atoms with van der Waals surface area (Å²) in [7, 11) is 0. The van der Waals surface area contributed by atoms with E-state index in [1.54, 1.807) is 48.5 Å². The van der Waals surface area contributed by atoms with Crippen molar-refractivity contribution >= 4 is 40.5 Å². The maximum absolute atomic E-state index is 12.7. The Hall–Kier alpha value is -3.71. The van der Waals surface area contributed by atoms with Gasteiger partial charge in [-0.05, 0) is 72.6 Å². The van der Waals surface area contributed by atoms with E-state index in [1.165, 1.54) is 0 Å². The predicted molar refractivity (Wildman–Crippen MR) is 141 cm³/mol. The first-order valence-electron chi connectivity index (χ1n) is 11.0. The summed E-state index contributed by atoms with van der Waals surface area (Å²) in [5.74, 6) is -0.0868. The highest BCUT2D eigenvalue weighted by Crippen LogP contribution is 2.23. The average molecular weight is 476 g/mol. The van der Waals surface area contributed by atoms with Crippen molar-refractivity contribution in [3.63, 3.8) is 0 Å². The van der Waals surface area contributed by atoms with E-state index >= 15 is 0 Å². The number of hydrogen-bond donors (Lipinski definition) is 3. The van der Waals surface area contributed by atoms with Gasteiger partial charge in [0.2, 0.25) is 0 Å². The molecule has 3 aromatic rings. The van der Waals surface area contributed by atoms with E-state index in [0.29, 0.717) is 34.9 Å². The molecule has 0 saturated heterocycles. The monoisotopic (exact) mass is 475 g/mol. The van der Waals surface area contributed by atoms with Crippen LogP contribution >= 0.6 is 12.2 Å². The summed E-state index contributed by atoms with van der Waals surface area (Å²) in [5, 5.41) is 8.67. The molecule has 0 heterocycles. The fourth-order valence-electron chi connectivity index (χ4n) is 3.27. The van der Waals surface area contributed by atoms with Crippen LogP contribution in [0.25, 0.3) is 0 Å². The van der Waals surface area contributed by atoms with Crippen molar-refractivity contribution in [2.75, 3.05) is 17.2 Å². The summed E-state index contributed by atoms with van der Waals surface area (Å²) in [6.45, 7) is 8.70. The number of rotatable bonds is 6. The van der Waals surface area contributed by atoms with Crippen molar-refractivity contribution in [2.24, 2.45) is 0 Å². The average Bonchev–Trinajstić information content (AvgIpc) is 2.79. The van der Waals surface area contributed by atoms with Crippen LogP contribution in [0.5, 0.6) is 5.75 Å². The molecule has 0 aliphatic carbocycles. The molecule has 0 aromatic heterocycles. The lowest BCUT2D eigenvalue weighted by molar-refractivity contribution is 0.0972. The zero-order valence-corrected chi connectivity index (χ0v) is 20.6. The molecule has 7 heteroatoms. The van der Waals surface area contributed by atoms with Crippen LogP contribution in [0.15, 0.2) is 72.8 Å². The Morgan fingerprint density at radius 1 is 0.853 bits per heavy atom. The van der Waals surface area contributed by atoms with Crippen LogP contribution < -0.4 is 20.7 Å². The maximum Gasteiger partial charge on any atom is 0.261 e. The van der Waals surface area contributed by atoms with Gasteiger partial charge >= 0.3 is 0 Å². The van der Waals surface area contributed by atoms with Gasteiger partial charge in [-0.3, -0.25) is 14.9 Å². The fraction of sp³-hybridized carbons (Fsp3) is 0.222. The number of anilines is 2. The van der Waals surface area contributed by atoms with Crippen molar-refractivity contribution in [3.05, 3.63) is 89.5 Å². The van der Waals surface area contributed by atoms with Gasteiger partial charge in [0, 0.05) is 16.9 Å². The van der Waals surface area contributed by atoms with E-state index in [9.17, 15) is 9.59 Å². The molecule has 34 heavy (non-hydrogen) atoms. The van der Waals surface area contributed by atoms with Crippen LogP contribution in [0.4, 0.5) is 11.4 Å². The lowest BCUT2D eigenvalue weighted by Gasteiger charge is -2.19. The number of thiocarbonyl (C=S) groups is 1. The van der Waals surface area contributed by atoms with Crippen molar-refractivity contribution in [1.82, 2.24) is 5.32 Å². The highest BCUT2D eigenvalue weighted by molar-refractivity contribution is 7.80. The number of benzene rings is 3. The third kappa shape index (κ3) is 6.65. The molecule has 0 fully saturated rings. The lowest BCUT2D eigenvalue weighted by atomic mass is 9.87. The molecule has 0 aliphatic heterocycles. The summed E-state index contributed by atoms with van der Waals surface area (Å²) in [5.41, 5.74) is 3.38. The minimum Gasteiger partial charge on any atom is -0.493 e. The molecule has 0 atom stereocenters. The van der Waals surface area contributed by atoms with Crippen molar-refractivity contribution < 1.29 is 14.3 Å². The van der Waals surface area contributed by atoms with Crippen LogP contribution in [-0.2, 0) is 5.41 Å². The molecule has 6 nitrogen and oxygen atoms in total. The zero-order chi connectivity index (χ0) is 24.7. The van der Waals surface area contributed by atoms with Gasteiger partial charge in [-0.2, -0.15) is 0 Å². The van der Waals surface area contributed by atoms with Gasteiger partial charge in [-0.25, -0.2) is 0 Å². The second-order valence-electron chi connectivity index (χ2n) is 8.70. The number of para-hydroxylation sites is 1. The van der Waals surface area contributed by atoms with E-state index < -0.39 is 0 Å². The first kappa shape index (κ1) is 24.9. The number of nitrogens with one attached hydrogen (secondary N) is 3. The van der Waals surface area contributed by atoms with Crippen molar-refractivity contribution in [3.8, 4) is 5.75 Å². The van der Waals surface area contributed by atoms with E-state index in [2.05, 4.69) is 36.7 Å². The standard InChI is InChI=1S/C27H29N3O3S/c1-5-33-23-12-7-6-11-22(23)25(32)30-26(34)29-21-10-8-9-20(17-21)28-24(31)18-13-15-19(16-14-18)27(2,3)4/h6-17H,5H2,1-4H3,(H,28,31)(H2,29,30,32,34). The Labute approximate surface area is 205 Å². The highest BCUT2D eigenvalue weighted by Gasteiger charge is 2.15.